The summed E-state index contributed by atoms with van der Waals surface area (Å²) in [6.07, 6.45) is -4.05. The van der Waals surface area contributed by atoms with Crippen molar-refractivity contribution in [2.24, 2.45) is 5.92 Å². The number of hydrogen-bond acceptors (Lipinski definition) is 8. The topological polar surface area (TPSA) is 101 Å². The molecule has 120 valence electrons. The molecule has 0 aliphatic carbocycles. The zero-order valence-corrected chi connectivity index (χ0v) is 12.0. The minimum absolute atomic E-state index is 0.120. The van der Waals surface area contributed by atoms with Gasteiger partial charge in [-0.1, -0.05) is 0 Å². The Labute approximate surface area is 122 Å². The molecule has 4 rings (SSSR count). The average Bonchev–Trinajstić information content (AvgIpc) is 2.99. The average molecular weight is 303 g/mol. The monoisotopic (exact) mass is 303 g/mol. The molecule has 0 radical (unpaired) electrons. The van der Waals surface area contributed by atoms with Gasteiger partial charge in [-0.25, -0.2) is 0 Å². The highest BCUT2D eigenvalue weighted by Gasteiger charge is 2.64. The van der Waals surface area contributed by atoms with E-state index in [2.05, 4.69) is 0 Å². The predicted octanol–water partition coefficient (Wildman–Crippen LogP) is -1.81. The highest BCUT2D eigenvalue weighted by atomic mass is 16.8. The van der Waals surface area contributed by atoms with Crippen molar-refractivity contribution in [2.75, 3.05) is 13.2 Å². The van der Waals surface area contributed by atoms with Gasteiger partial charge in [0.25, 0.3) is 0 Å². The lowest BCUT2D eigenvalue weighted by Gasteiger charge is -2.39. The Bertz CT molecular complexity index is 431. The van der Waals surface area contributed by atoms with Crippen LogP contribution < -0.4 is 0 Å². The second-order valence-electron chi connectivity index (χ2n) is 6.62. The molecular formula is C13H21NO7. The summed E-state index contributed by atoms with van der Waals surface area (Å²) in [5.41, 5.74) is 0. The van der Waals surface area contributed by atoms with Gasteiger partial charge in [-0.2, -0.15) is 5.06 Å². The van der Waals surface area contributed by atoms with E-state index < -0.39 is 36.3 Å². The Kier molecular flexibility index (Phi) is 3.12. The van der Waals surface area contributed by atoms with Gasteiger partial charge in [0.15, 0.2) is 12.1 Å². The van der Waals surface area contributed by atoms with Crippen molar-refractivity contribution in [1.82, 2.24) is 5.06 Å². The fourth-order valence-corrected chi connectivity index (χ4v) is 3.98. The number of aliphatic hydroxyl groups excluding tert-OH is 3. The molecule has 0 aromatic heterocycles. The van der Waals surface area contributed by atoms with Crippen LogP contribution in [0, 0.1) is 5.92 Å². The third kappa shape index (κ3) is 1.98. The maximum absolute atomic E-state index is 10.4. The quantitative estimate of drug-likeness (QED) is 0.521. The maximum Gasteiger partial charge on any atom is 0.185 e. The number of fused-ring (bicyclic) bond motifs is 5. The first-order chi connectivity index (χ1) is 9.91. The van der Waals surface area contributed by atoms with Crippen LogP contribution in [0.3, 0.4) is 0 Å². The van der Waals surface area contributed by atoms with Gasteiger partial charge in [-0.3, -0.25) is 4.84 Å². The van der Waals surface area contributed by atoms with E-state index in [0.29, 0.717) is 6.54 Å². The molecule has 0 amide bonds. The molecule has 4 saturated heterocycles. The molecule has 4 aliphatic heterocycles. The van der Waals surface area contributed by atoms with Crippen LogP contribution in [0.15, 0.2) is 0 Å². The van der Waals surface area contributed by atoms with Gasteiger partial charge >= 0.3 is 0 Å². The number of aliphatic hydroxyl groups is 3. The van der Waals surface area contributed by atoms with E-state index in [1.54, 1.807) is 5.06 Å². The summed E-state index contributed by atoms with van der Waals surface area (Å²) in [5, 5.41) is 31.4. The fraction of sp³-hybridized carbons (Fsp3) is 1.00. The number of ether oxygens (including phenoxy) is 3. The van der Waals surface area contributed by atoms with Gasteiger partial charge in [0.2, 0.25) is 0 Å². The Balaban J connectivity index is 1.59. The van der Waals surface area contributed by atoms with Crippen LogP contribution in [0.4, 0.5) is 0 Å². The predicted molar refractivity (Wildman–Crippen MR) is 66.7 cm³/mol. The van der Waals surface area contributed by atoms with Crippen molar-refractivity contribution in [3.05, 3.63) is 0 Å². The second-order valence-corrected chi connectivity index (χ2v) is 6.62. The molecule has 8 nitrogen and oxygen atoms in total. The molecule has 0 spiro atoms. The van der Waals surface area contributed by atoms with E-state index in [4.69, 9.17) is 19.0 Å². The molecule has 8 heteroatoms. The number of hydroxylamine groups is 2. The van der Waals surface area contributed by atoms with Crippen LogP contribution in [-0.2, 0) is 19.0 Å². The van der Waals surface area contributed by atoms with Crippen molar-refractivity contribution < 1.29 is 34.4 Å². The summed E-state index contributed by atoms with van der Waals surface area (Å²) < 4.78 is 17.3. The van der Waals surface area contributed by atoms with E-state index in [0.717, 1.165) is 0 Å². The van der Waals surface area contributed by atoms with Gasteiger partial charge < -0.3 is 29.5 Å². The molecule has 8 atom stereocenters. The summed E-state index contributed by atoms with van der Waals surface area (Å²) in [4.78, 5) is 5.71. The largest absolute Gasteiger partial charge is 0.394 e. The maximum atomic E-state index is 10.4. The second kappa shape index (κ2) is 4.59. The van der Waals surface area contributed by atoms with E-state index in [1.807, 2.05) is 13.8 Å². The minimum Gasteiger partial charge on any atom is -0.394 e. The SMILES string of the molecule is CC1(C)O[C@@H]2[C@H]3[C@H]4[C@H](O[C@H](CO)[C@H](O)[C@@H]4O)ON3C[C@@H]2O1. The van der Waals surface area contributed by atoms with Crippen LogP contribution in [0.2, 0.25) is 0 Å². The molecule has 0 saturated carbocycles. The normalized spacial score (nSPS) is 55.3. The zero-order valence-electron chi connectivity index (χ0n) is 12.0. The van der Waals surface area contributed by atoms with Gasteiger partial charge in [0.1, 0.15) is 24.4 Å². The van der Waals surface area contributed by atoms with Gasteiger partial charge in [0, 0.05) is 0 Å². The fourth-order valence-electron chi connectivity index (χ4n) is 3.98. The summed E-state index contributed by atoms with van der Waals surface area (Å²) in [7, 11) is 0. The van der Waals surface area contributed by atoms with Crippen molar-refractivity contribution in [1.29, 1.82) is 0 Å². The van der Waals surface area contributed by atoms with E-state index in [-0.39, 0.29) is 24.9 Å². The third-order valence-corrected chi connectivity index (χ3v) is 4.81. The Morgan fingerprint density at radius 1 is 1.19 bits per heavy atom. The standard InChI is InChI=1S/C13H21NO7/c1-13(2)19-5-3-14-8(11(5)20-13)7-10(17)9(16)6(4-15)18-12(7)21-14/h5-12,15-17H,3-4H2,1-2H3/t5-,6+,7+,8+,9-,10+,11-,12+/m0/s1. The van der Waals surface area contributed by atoms with Crippen LogP contribution in [-0.4, -0.2) is 82.2 Å². The number of nitrogens with zero attached hydrogens (tertiary/aromatic N) is 1. The highest BCUT2D eigenvalue weighted by Crippen LogP contribution is 2.47. The van der Waals surface area contributed by atoms with Crippen LogP contribution in [0.25, 0.3) is 0 Å². The Morgan fingerprint density at radius 3 is 2.67 bits per heavy atom. The molecule has 0 aromatic rings. The summed E-state index contributed by atoms with van der Waals surface area (Å²) >= 11 is 0. The summed E-state index contributed by atoms with van der Waals surface area (Å²) in [5.74, 6) is -1.10. The van der Waals surface area contributed by atoms with Gasteiger partial charge in [-0.15, -0.1) is 0 Å². The van der Waals surface area contributed by atoms with E-state index in [9.17, 15) is 15.3 Å². The molecule has 0 unspecified atom stereocenters. The van der Waals surface area contributed by atoms with Gasteiger partial charge in [0.05, 0.1) is 31.2 Å². The van der Waals surface area contributed by atoms with Gasteiger partial charge in [-0.05, 0) is 13.8 Å². The van der Waals surface area contributed by atoms with Crippen molar-refractivity contribution in [3.8, 4) is 0 Å². The lowest BCUT2D eigenvalue weighted by atomic mass is 9.84. The first kappa shape index (κ1) is 14.3. The minimum atomic E-state index is -1.14. The zero-order chi connectivity index (χ0) is 14.9. The smallest absolute Gasteiger partial charge is 0.185 e. The lowest BCUT2D eigenvalue weighted by Crippen LogP contribution is -2.58. The van der Waals surface area contributed by atoms with E-state index >= 15 is 0 Å². The lowest BCUT2D eigenvalue weighted by molar-refractivity contribution is -0.300. The number of hydrogen-bond donors (Lipinski definition) is 3. The first-order valence-corrected chi connectivity index (χ1v) is 7.33. The molecule has 4 heterocycles. The first-order valence-electron chi connectivity index (χ1n) is 7.33. The van der Waals surface area contributed by atoms with Crippen LogP contribution >= 0.6 is 0 Å². The molecule has 21 heavy (non-hydrogen) atoms. The molecule has 0 aromatic carbocycles. The van der Waals surface area contributed by atoms with Crippen molar-refractivity contribution in [2.45, 2.75) is 62.5 Å². The summed E-state index contributed by atoms with van der Waals surface area (Å²) in [6.45, 7) is 3.87. The molecule has 4 aliphatic rings. The third-order valence-electron chi connectivity index (χ3n) is 4.81. The van der Waals surface area contributed by atoms with Crippen LogP contribution in [0.5, 0.6) is 0 Å². The Hall–Kier alpha value is -0.320. The van der Waals surface area contributed by atoms with Crippen molar-refractivity contribution in [3.63, 3.8) is 0 Å². The Morgan fingerprint density at radius 2 is 1.95 bits per heavy atom. The highest BCUT2D eigenvalue weighted by molar-refractivity contribution is 5.07. The molecule has 0 bridgehead atoms. The molecular weight excluding hydrogens is 282 g/mol. The number of rotatable bonds is 1. The van der Waals surface area contributed by atoms with E-state index in [1.165, 1.54) is 0 Å². The summed E-state index contributed by atoms with van der Waals surface area (Å²) in [6, 6.07) is -0.230. The van der Waals surface area contributed by atoms with Crippen molar-refractivity contribution >= 4 is 0 Å². The molecule has 4 fully saturated rings. The molecule has 3 N–H and O–H groups in total. The van der Waals surface area contributed by atoms with Crippen LogP contribution in [0.1, 0.15) is 13.8 Å².